The molecular formula is C45H40N4O2. The maximum absolute atomic E-state index is 12.4. The number of nitrogens with zero attached hydrogens (tertiary/aromatic N) is 3. The summed E-state index contributed by atoms with van der Waals surface area (Å²) in [6.07, 6.45) is 0. The molecule has 0 aliphatic heterocycles. The summed E-state index contributed by atoms with van der Waals surface area (Å²) in [6, 6.07) is 41.1. The van der Waals surface area contributed by atoms with Gasteiger partial charge in [-0.3, -0.25) is 4.57 Å². The van der Waals surface area contributed by atoms with Crippen LogP contribution in [0.4, 0.5) is 0 Å². The molecule has 252 valence electrons. The minimum absolute atomic E-state index is 0.00624. The van der Waals surface area contributed by atoms with Gasteiger partial charge in [0.2, 0.25) is 0 Å². The van der Waals surface area contributed by atoms with Crippen LogP contribution in [0.15, 0.2) is 121 Å². The highest BCUT2D eigenvalue weighted by molar-refractivity contribution is 6.12. The van der Waals surface area contributed by atoms with E-state index < -0.39 is 5.97 Å². The van der Waals surface area contributed by atoms with Gasteiger partial charge in [0, 0.05) is 33.1 Å². The molecule has 8 aromatic rings. The van der Waals surface area contributed by atoms with Crippen molar-refractivity contribution in [2.75, 3.05) is 0 Å². The number of hydrogen-bond donors (Lipinski definition) is 2. The van der Waals surface area contributed by atoms with Crippen molar-refractivity contribution in [3.8, 4) is 39.5 Å². The second-order valence-electron chi connectivity index (χ2n) is 15.4. The fraction of sp³-hybridized carbons (Fsp3) is 0.178. The zero-order chi connectivity index (χ0) is 35.7. The van der Waals surface area contributed by atoms with Gasteiger partial charge in [-0.05, 0) is 87.7 Å². The molecule has 51 heavy (non-hydrogen) atoms. The Morgan fingerprint density at radius 1 is 0.647 bits per heavy atom. The van der Waals surface area contributed by atoms with E-state index in [4.69, 9.17) is 4.98 Å². The molecule has 0 atom stereocenters. The van der Waals surface area contributed by atoms with Crippen LogP contribution in [-0.2, 0) is 10.8 Å². The Bertz CT molecular complexity index is 2620. The Kier molecular flexibility index (Phi) is 7.46. The lowest BCUT2D eigenvalue weighted by atomic mass is 9.84. The van der Waals surface area contributed by atoms with Crippen LogP contribution in [-0.4, -0.2) is 30.6 Å². The van der Waals surface area contributed by atoms with Crippen molar-refractivity contribution < 1.29 is 9.90 Å². The van der Waals surface area contributed by atoms with Gasteiger partial charge in [-0.15, -0.1) is 0 Å². The SMILES string of the molecule is CC(C)(C)c1ccc2[nH]c3c(-c4nc5c(-c6cc(-c7ccccc7)cc(C(=O)O)n6)cccc5n4-c4ccccc4)cc(C(C)(C)C)cc3c2c1. The van der Waals surface area contributed by atoms with Gasteiger partial charge < -0.3 is 10.1 Å². The van der Waals surface area contributed by atoms with Gasteiger partial charge >= 0.3 is 5.97 Å². The number of aromatic carboxylic acids is 1. The van der Waals surface area contributed by atoms with E-state index in [0.29, 0.717) is 5.69 Å². The number of carboxylic acid groups (broad SMARTS) is 1. The molecule has 6 heteroatoms. The van der Waals surface area contributed by atoms with E-state index >= 15 is 0 Å². The molecule has 0 fully saturated rings. The molecule has 0 aliphatic rings. The van der Waals surface area contributed by atoms with Gasteiger partial charge in [0.25, 0.3) is 0 Å². The number of hydrogen-bond acceptors (Lipinski definition) is 3. The van der Waals surface area contributed by atoms with E-state index in [1.165, 1.54) is 16.5 Å². The molecular weight excluding hydrogens is 629 g/mol. The lowest BCUT2D eigenvalue weighted by molar-refractivity contribution is 0.0690. The number of imidazole rings is 1. The molecule has 0 saturated carbocycles. The van der Waals surface area contributed by atoms with Crippen molar-refractivity contribution in [3.05, 3.63) is 138 Å². The van der Waals surface area contributed by atoms with E-state index in [9.17, 15) is 9.90 Å². The predicted octanol–water partition coefficient (Wildman–Crippen LogP) is 11.3. The minimum Gasteiger partial charge on any atom is -0.477 e. The van der Waals surface area contributed by atoms with Crippen LogP contribution in [0.1, 0.15) is 63.2 Å². The summed E-state index contributed by atoms with van der Waals surface area (Å²) in [6.45, 7) is 13.5. The van der Waals surface area contributed by atoms with E-state index in [0.717, 1.165) is 61.2 Å². The number of para-hydroxylation sites is 2. The molecule has 0 bridgehead atoms. The highest BCUT2D eigenvalue weighted by atomic mass is 16.4. The number of aromatic nitrogens is 4. The molecule has 2 N–H and O–H groups in total. The average Bonchev–Trinajstić information content (AvgIpc) is 3.69. The second kappa shape index (κ2) is 11.8. The number of aromatic amines is 1. The van der Waals surface area contributed by atoms with Crippen molar-refractivity contribution >= 4 is 38.8 Å². The Morgan fingerprint density at radius 2 is 1.33 bits per heavy atom. The predicted molar refractivity (Wildman–Crippen MR) is 209 cm³/mol. The average molecular weight is 669 g/mol. The summed E-state index contributed by atoms with van der Waals surface area (Å²) < 4.78 is 2.21. The van der Waals surface area contributed by atoms with Gasteiger partial charge in [-0.1, -0.05) is 108 Å². The second-order valence-corrected chi connectivity index (χ2v) is 15.4. The number of nitrogens with one attached hydrogen (secondary N) is 1. The van der Waals surface area contributed by atoms with Gasteiger partial charge in [-0.2, -0.15) is 0 Å². The monoisotopic (exact) mass is 668 g/mol. The number of pyridine rings is 1. The molecule has 8 rings (SSSR count). The molecule has 0 spiro atoms. The van der Waals surface area contributed by atoms with E-state index in [2.05, 4.69) is 105 Å². The number of rotatable bonds is 5. The topological polar surface area (TPSA) is 83.8 Å². The van der Waals surface area contributed by atoms with E-state index in [1.807, 2.05) is 66.7 Å². The first-order valence-corrected chi connectivity index (χ1v) is 17.4. The number of H-pyrrole nitrogens is 1. The molecule has 6 nitrogen and oxygen atoms in total. The summed E-state index contributed by atoms with van der Waals surface area (Å²) in [5.41, 5.74) is 11.1. The zero-order valence-corrected chi connectivity index (χ0v) is 29.7. The Balaban J connectivity index is 1.46. The molecule has 0 saturated heterocycles. The third kappa shape index (κ3) is 5.67. The van der Waals surface area contributed by atoms with Gasteiger partial charge in [0.15, 0.2) is 0 Å². The number of fused-ring (bicyclic) bond motifs is 4. The maximum atomic E-state index is 12.4. The van der Waals surface area contributed by atoms with Gasteiger partial charge in [0.05, 0.1) is 22.2 Å². The zero-order valence-electron chi connectivity index (χ0n) is 29.7. The van der Waals surface area contributed by atoms with E-state index in [-0.39, 0.29) is 16.5 Å². The summed E-state index contributed by atoms with van der Waals surface area (Å²) >= 11 is 0. The third-order valence-electron chi connectivity index (χ3n) is 9.81. The molecule has 0 radical (unpaired) electrons. The molecule has 0 amide bonds. The largest absolute Gasteiger partial charge is 0.477 e. The quantitative estimate of drug-likeness (QED) is 0.191. The number of carboxylic acids is 1. The molecule has 3 heterocycles. The van der Waals surface area contributed by atoms with Crippen LogP contribution in [0, 0.1) is 0 Å². The van der Waals surface area contributed by atoms with Crippen LogP contribution >= 0.6 is 0 Å². The van der Waals surface area contributed by atoms with Crippen molar-refractivity contribution in [3.63, 3.8) is 0 Å². The van der Waals surface area contributed by atoms with Gasteiger partial charge in [-0.25, -0.2) is 14.8 Å². The summed E-state index contributed by atoms with van der Waals surface area (Å²) in [7, 11) is 0. The molecule has 0 aliphatic carbocycles. The minimum atomic E-state index is -1.08. The molecule has 3 aromatic heterocycles. The maximum Gasteiger partial charge on any atom is 0.354 e. The standard InChI is InChI=1S/C45H40N4O2/c1-44(2,3)29-20-21-36-33(24-29)34-25-30(45(4,5)6)26-35(40(34)47-36)42-48-41-32(18-13-19-39(41)49(42)31-16-11-8-12-17-31)37-22-28(23-38(46-37)43(50)51)27-14-9-7-10-15-27/h7-26,47H,1-6H3,(H,50,51). The van der Waals surface area contributed by atoms with Crippen LogP contribution in [0.3, 0.4) is 0 Å². The van der Waals surface area contributed by atoms with Crippen molar-refractivity contribution in [1.29, 1.82) is 0 Å². The van der Waals surface area contributed by atoms with Crippen LogP contribution in [0.5, 0.6) is 0 Å². The van der Waals surface area contributed by atoms with Crippen LogP contribution < -0.4 is 0 Å². The fourth-order valence-corrected chi connectivity index (χ4v) is 6.98. The van der Waals surface area contributed by atoms with Crippen LogP contribution in [0.2, 0.25) is 0 Å². The fourth-order valence-electron chi connectivity index (χ4n) is 6.98. The van der Waals surface area contributed by atoms with Crippen molar-refractivity contribution in [1.82, 2.24) is 19.5 Å². The highest BCUT2D eigenvalue weighted by Crippen LogP contribution is 2.42. The van der Waals surface area contributed by atoms with Crippen molar-refractivity contribution in [2.24, 2.45) is 0 Å². The normalized spacial score (nSPS) is 12.3. The summed E-state index contributed by atoms with van der Waals surface area (Å²) in [5, 5.41) is 12.5. The summed E-state index contributed by atoms with van der Waals surface area (Å²) in [4.78, 5) is 26.3. The summed E-state index contributed by atoms with van der Waals surface area (Å²) in [5.74, 6) is -0.286. The first-order valence-electron chi connectivity index (χ1n) is 17.4. The van der Waals surface area contributed by atoms with E-state index in [1.54, 1.807) is 6.07 Å². The Hall–Kier alpha value is -6.01. The number of benzene rings is 5. The Morgan fingerprint density at radius 3 is 2.02 bits per heavy atom. The van der Waals surface area contributed by atoms with Crippen molar-refractivity contribution in [2.45, 2.75) is 52.4 Å². The first kappa shape index (κ1) is 32.2. The first-order chi connectivity index (χ1) is 24.4. The number of carbonyl (C=O) groups is 1. The van der Waals surface area contributed by atoms with Crippen LogP contribution in [0.25, 0.3) is 72.3 Å². The lowest BCUT2D eigenvalue weighted by Gasteiger charge is -2.21. The highest BCUT2D eigenvalue weighted by Gasteiger charge is 2.25. The Labute approximate surface area is 297 Å². The van der Waals surface area contributed by atoms with Gasteiger partial charge in [0.1, 0.15) is 11.5 Å². The smallest absolute Gasteiger partial charge is 0.354 e. The lowest BCUT2D eigenvalue weighted by Crippen LogP contribution is -2.11. The third-order valence-corrected chi connectivity index (χ3v) is 9.81. The molecule has 0 unspecified atom stereocenters. The molecule has 5 aromatic carbocycles.